The summed E-state index contributed by atoms with van der Waals surface area (Å²) in [6, 6.07) is 11.6. The van der Waals surface area contributed by atoms with Crippen molar-refractivity contribution in [2.45, 2.75) is 6.04 Å². The maximum Gasteiger partial charge on any atom is 0.417 e. The van der Waals surface area contributed by atoms with Crippen molar-refractivity contribution in [3.8, 4) is 0 Å². The van der Waals surface area contributed by atoms with E-state index in [1.807, 2.05) is 18.2 Å². The van der Waals surface area contributed by atoms with Gasteiger partial charge in [0.1, 0.15) is 0 Å². The smallest absolute Gasteiger partial charge is 0.417 e. The summed E-state index contributed by atoms with van der Waals surface area (Å²) in [5, 5.41) is 2.77. The highest BCUT2D eigenvalue weighted by atomic mass is 16.6. The molecule has 0 aliphatic carbocycles. The molecule has 3 amide bonds. The quantitative estimate of drug-likeness (QED) is 0.908. The Morgan fingerprint density at radius 3 is 2.57 bits per heavy atom. The van der Waals surface area contributed by atoms with E-state index in [-0.39, 0.29) is 18.9 Å². The van der Waals surface area contributed by atoms with Gasteiger partial charge in [-0.3, -0.25) is 9.59 Å². The summed E-state index contributed by atoms with van der Waals surface area (Å²) in [4.78, 5) is 36.5. The zero-order chi connectivity index (χ0) is 16.2. The number of carbonyl (C=O) groups is 3. The number of imide groups is 1. The third-order valence-corrected chi connectivity index (χ3v) is 3.46. The number of furan rings is 1. The summed E-state index contributed by atoms with van der Waals surface area (Å²) in [7, 11) is 0. The molecule has 118 valence electrons. The van der Waals surface area contributed by atoms with Crippen LogP contribution in [0.15, 0.2) is 53.1 Å². The van der Waals surface area contributed by atoms with Crippen LogP contribution in [0.2, 0.25) is 0 Å². The lowest BCUT2D eigenvalue weighted by Crippen LogP contribution is -2.40. The predicted octanol–water partition coefficient (Wildman–Crippen LogP) is 1.73. The minimum absolute atomic E-state index is 0.00582. The second kappa shape index (κ2) is 6.35. The highest BCUT2D eigenvalue weighted by Gasteiger charge is 2.34. The molecule has 3 rings (SSSR count). The van der Waals surface area contributed by atoms with Crippen molar-refractivity contribution >= 4 is 17.9 Å². The second-order valence-electron chi connectivity index (χ2n) is 4.97. The van der Waals surface area contributed by atoms with Gasteiger partial charge in [-0.15, -0.1) is 0 Å². The number of rotatable bonds is 5. The van der Waals surface area contributed by atoms with Crippen LogP contribution in [-0.4, -0.2) is 36.0 Å². The number of nitrogens with zero attached hydrogens (tertiary/aromatic N) is 1. The minimum Gasteiger partial charge on any atom is -0.459 e. The SMILES string of the molecule is O=C(NC(CN1C(=O)COC1=O)c1ccccc1)c1ccco1. The monoisotopic (exact) mass is 314 g/mol. The molecular formula is C16H14N2O5. The van der Waals surface area contributed by atoms with E-state index >= 15 is 0 Å². The first-order chi connectivity index (χ1) is 11.1. The van der Waals surface area contributed by atoms with Gasteiger partial charge in [-0.1, -0.05) is 30.3 Å². The van der Waals surface area contributed by atoms with Gasteiger partial charge in [0.25, 0.3) is 11.8 Å². The van der Waals surface area contributed by atoms with E-state index in [1.165, 1.54) is 12.3 Å². The fourth-order valence-electron chi connectivity index (χ4n) is 2.30. The zero-order valence-electron chi connectivity index (χ0n) is 12.1. The topological polar surface area (TPSA) is 88.9 Å². The lowest BCUT2D eigenvalue weighted by Gasteiger charge is -2.22. The van der Waals surface area contributed by atoms with Crippen LogP contribution in [0.25, 0.3) is 0 Å². The zero-order valence-corrected chi connectivity index (χ0v) is 12.1. The van der Waals surface area contributed by atoms with E-state index in [0.29, 0.717) is 0 Å². The molecule has 1 fully saturated rings. The normalized spacial score (nSPS) is 15.4. The van der Waals surface area contributed by atoms with E-state index in [2.05, 4.69) is 5.32 Å². The van der Waals surface area contributed by atoms with Gasteiger partial charge in [-0.05, 0) is 17.7 Å². The molecule has 1 N–H and O–H groups in total. The maximum absolute atomic E-state index is 12.2. The Labute approximate surface area is 131 Å². The number of hydrogen-bond acceptors (Lipinski definition) is 5. The Hall–Kier alpha value is -3.09. The first-order valence-electron chi connectivity index (χ1n) is 7.01. The summed E-state index contributed by atoms with van der Waals surface area (Å²) in [5.41, 5.74) is 0.764. The Morgan fingerprint density at radius 2 is 1.96 bits per heavy atom. The molecule has 1 aromatic carbocycles. The van der Waals surface area contributed by atoms with Crippen LogP contribution in [0.4, 0.5) is 4.79 Å². The van der Waals surface area contributed by atoms with E-state index in [0.717, 1.165) is 10.5 Å². The van der Waals surface area contributed by atoms with Gasteiger partial charge in [0, 0.05) is 0 Å². The van der Waals surface area contributed by atoms with Gasteiger partial charge in [-0.25, -0.2) is 9.69 Å². The number of amides is 3. The van der Waals surface area contributed by atoms with Crippen molar-refractivity contribution in [1.82, 2.24) is 10.2 Å². The Kier molecular flexibility index (Phi) is 4.09. The number of nitrogens with one attached hydrogen (secondary N) is 1. The molecule has 7 nitrogen and oxygen atoms in total. The average Bonchev–Trinajstić information content (AvgIpc) is 3.20. The van der Waals surface area contributed by atoms with Crippen molar-refractivity contribution < 1.29 is 23.5 Å². The van der Waals surface area contributed by atoms with Gasteiger partial charge in [-0.2, -0.15) is 0 Å². The predicted molar refractivity (Wildman–Crippen MR) is 78.4 cm³/mol. The summed E-state index contributed by atoms with van der Waals surface area (Å²) in [6.45, 7) is -0.277. The van der Waals surface area contributed by atoms with Crippen molar-refractivity contribution in [3.63, 3.8) is 0 Å². The molecule has 2 aromatic rings. The Morgan fingerprint density at radius 1 is 1.17 bits per heavy atom. The van der Waals surface area contributed by atoms with E-state index in [4.69, 9.17) is 9.15 Å². The summed E-state index contributed by atoms with van der Waals surface area (Å²) in [5.74, 6) is -0.701. The Balaban J connectivity index is 1.81. The molecule has 0 spiro atoms. The van der Waals surface area contributed by atoms with Crippen LogP contribution < -0.4 is 5.32 Å². The molecule has 1 saturated heterocycles. The highest BCUT2D eigenvalue weighted by Crippen LogP contribution is 2.18. The minimum atomic E-state index is -0.705. The van der Waals surface area contributed by atoms with E-state index in [9.17, 15) is 14.4 Å². The summed E-state index contributed by atoms with van der Waals surface area (Å²) >= 11 is 0. The van der Waals surface area contributed by atoms with Crippen molar-refractivity contribution in [3.05, 3.63) is 60.1 Å². The number of benzene rings is 1. The van der Waals surface area contributed by atoms with Gasteiger partial charge in [0.05, 0.1) is 18.8 Å². The molecule has 7 heteroatoms. The van der Waals surface area contributed by atoms with Crippen LogP contribution in [0.3, 0.4) is 0 Å². The molecule has 1 aromatic heterocycles. The molecule has 0 bridgehead atoms. The van der Waals surface area contributed by atoms with Crippen LogP contribution in [0.1, 0.15) is 22.2 Å². The van der Waals surface area contributed by atoms with Crippen molar-refractivity contribution in [1.29, 1.82) is 0 Å². The molecule has 2 heterocycles. The van der Waals surface area contributed by atoms with E-state index in [1.54, 1.807) is 18.2 Å². The van der Waals surface area contributed by atoms with Gasteiger partial charge in [0.15, 0.2) is 12.4 Å². The first kappa shape index (κ1) is 14.8. The third kappa shape index (κ3) is 3.23. The fourth-order valence-corrected chi connectivity index (χ4v) is 2.30. The van der Waals surface area contributed by atoms with Gasteiger partial charge < -0.3 is 14.5 Å². The number of hydrogen-bond donors (Lipinski definition) is 1. The standard InChI is InChI=1S/C16H14N2O5/c19-14-10-23-16(21)18(14)9-12(11-5-2-1-3-6-11)17-15(20)13-7-4-8-22-13/h1-8,12H,9-10H2,(H,17,20). The molecule has 0 saturated carbocycles. The molecule has 23 heavy (non-hydrogen) atoms. The summed E-state index contributed by atoms with van der Waals surface area (Å²) < 4.78 is 9.76. The number of ether oxygens (including phenoxy) is 1. The number of carbonyl (C=O) groups excluding carboxylic acids is 3. The summed E-state index contributed by atoms with van der Waals surface area (Å²) in [6.07, 6.45) is 0.691. The maximum atomic E-state index is 12.2. The first-order valence-corrected chi connectivity index (χ1v) is 7.01. The van der Waals surface area contributed by atoms with Crippen molar-refractivity contribution in [2.24, 2.45) is 0 Å². The van der Waals surface area contributed by atoms with Gasteiger partial charge in [0.2, 0.25) is 0 Å². The molecule has 1 atom stereocenters. The molecule has 1 unspecified atom stereocenters. The van der Waals surface area contributed by atoms with Crippen LogP contribution in [-0.2, 0) is 9.53 Å². The van der Waals surface area contributed by atoms with Crippen molar-refractivity contribution in [2.75, 3.05) is 13.2 Å². The van der Waals surface area contributed by atoms with Crippen LogP contribution >= 0.6 is 0 Å². The molecule has 1 aliphatic heterocycles. The molecule has 0 radical (unpaired) electrons. The van der Waals surface area contributed by atoms with Crippen LogP contribution in [0.5, 0.6) is 0 Å². The molecular weight excluding hydrogens is 300 g/mol. The van der Waals surface area contributed by atoms with E-state index < -0.39 is 23.9 Å². The lowest BCUT2D eigenvalue weighted by molar-refractivity contribution is -0.126. The van der Waals surface area contributed by atoms with Crippen LogP contribution in [0, 0.1) is 0 Å². The van der Waals surface area contributed by atoms with Gasteiger partial charge >= 0.3 is 6.09 Å². The average molecular weight is 314 g/mol. The molecule has 1 aliphatic rings. The second-order valence-corrected chi connectivity index (χ2v) is 4.97. The highest BCUT2D eigenvalue weighted by molar-refractivity contribution is 5.98. The Bertz CT molecular complexity index is 695. The largest absolute Gasteiger partial charge is 0.459 e. The fraction of sp³-hybridized carbons (Fsp3) is 0.188. The number of cyclic esters (lactones) is 1. The lowest BCUT2D eigenvalue weighted by atomic mass is 10.1. The third-order valence-electron chi connectivity index (χ3n) is 3.46.